The van der Waals surface area contributed by atoms with Gasteiger partial charge in [-0.05, 0) is 131 Å². The third-order valence-electron chi connectivity index (χ3n) is 11.7. The van der Waals surface area contributed by atoms with Crippen LogP contribution < -0.4 is 10.2 Å². The van der Waals surface area contributed by atoms with Gasteiger partial charge in [0.05, 0.1) is 15.5 Å². The predicted octanol–water partition coefficient (Wildman–Crippen LogP) is 8.62. The lowest BCUT2D eigenvalue weighted by atomic mass is 9.71. The molecule has 0 saturated heterocycles. The van der Waals surface area contributed by atoms with Gasteiger partial charge in [0.15, 0.2) is 0 Å². The number of anilines is 1. The zero-order valence-corrected chi connectivity index (χ0v) is 33.8. The van der Waals surface area contributed by atoms with Gasteiger partial charge in [0, 0.05) is 40.2 Å². The topological polar surface area (TPSA) is 148 Å². The summed E-state index contributed by atoms with van der Waals surface area (Å²) in [6, 6.07) is 8.54. The normalized spacial score (nSPS) is 22.4. The summed E-state index contributed by atoms with van der Waals surface area (Å²) in [7, 11) is -4.06. The van der Waals surface area contributed by atoms with Gasteiger partial charge >= 0.3 is 0 Å². The summed E-state index contributed by atoms with van der Waals surface area (Å²) < 4.78 is 61.0. The molecule has 0 radical (unpaired) electrons. The highest BCUT2D eigenvalue weighted by atomic mass is 32.2. The number of hydrogen-bond acceptors (Lipinski definition) is 9. The van der Waals surface area contributed by atoms with Crippen molar-refractivity contribution in [2.24, 2.45) is 27.8 Å². The van der Waals surface area contributed by atoms with Gasteiger partial charge in [-0.15, -0.1) is 4.91 Å². The molecule has 0 aliphatic heterocycles. The van der Waals surface area contributed by atoms with Gasteiger partial charge in [-0.25, -0.2) is 21.6 Å². The predicted molar refractivity (Wildman–Crippen MR) is 210 cm³/mol. The molecule has 2 aliphatic carbocycles. The number of fused-ring (bicyclic) bond motifs is 2. The summed E-state index contributed by atoms with van der Waals surface area (Å²) in [4.78, 5) is 14.6. The van der Waals surface area contributed by atoms with Gasteiger partial charge in [-0.1, -0.05) is 53.7 Å². The van der Waals surface area contributed by atoms with Crippen LogP contribution in [0, 0.1) is 27.6 Å². The minimum atomic E-state index is -4.02. The fraction of sp³-hybridized carbons (Fsp3) is 0.641. The van der Waals surface area contributed by atoms with E-state index in [1.807, 2.05) is 19.0 Å². The molecule has 52 heavy (non-hydrogen) atoms. The number of nitroso groups, excluding NO2 is 1. The Morgan fingerprint density at radius 1 is 0.731 bits per heavy atom. The first-order valence-electron chi connectivity index (χ1n) is 18.7. The van der Waals surface area contributed by atoms with Crippen molar-refractivity contribution >= 4 is 53.0 Å². The van der Waals surface area contributed by atoms with Crippen molar-refractivity contribution in [2.45, 2.75) is 121 Å². The smallest absolute Gasteiger partial charge is 0.243 e. The summed E-state index contributed by atoms with van der Waals surface area (Å²) in [5.41, 5.74) is 2.67. The lowest BCUT2D eigenvalue weighted by molar-refractivity contribution is 0.133. The maximum absolute atomic E-state index is 14.5. The molecule has 288 valence electrons. The van der Waals surface area contributed by atoms with Crippen LogP contribution in [0.2, 0.25) is 0 Å². The summed E-state index contributed by atoms with van der Waals surface area (Å²) in [5, 5.41) is 14.8. The van der Waals surface area contributed by atoms with E-state index in [9.17, 15) is 26.9 Å². The Kier molecular flexibility index (Phi) is 12.1. The van der Waals surface area contributed by atoms with Crippen molar-refractivity contribution in [3.05, 3.63) is 41.3 Å². The van der Waals surface area contributed by atoms with Crippen LogP contribution in [0.3, 0.4) is 0 Å². The fourth-order valence-electron chi connectivity index (χ4n) is 8.48. The molecule has 0 atom stereocenters. The number of nitrogens with zero attached hydrogens (tertiary/aromatic N) is 3. The quantitative estimate of drug-likeness (QED) is 0.0945. The third kappa shape index (κ3) is 8.65. The highest BCUT2D eigenvalue weighted by Crippen LogP contribution is 2.45. The molecule has 0 unspecified atom stereocenters. The largest absolute Gasteiger partial charge is 0.309 e. The lowest BCUT2D eigenvalue weighted by Crippen LogP contribution is -2.44. The van der Waals surface area contributed by atoms with Crippen LogP contribution in [0.1, 0.15) is 99.3 Å². The molecular formula is C39H59N5O6S2. The van der Waals surface area contributed by atoms with Crippen LogP contribution in [-0.2, 0) is 20.0 Å². The highest BCUT2D eigenvalue weighted by Gasteiger charge is 2.37. The molecule has 11 nitrogen and oxygen atoms in total. The van der Waals surface area contributed by atoms with E-state index in [2.05, 4.69) is 56.9 Å². The molecular weight excluding hydrogens is 699 g/mol. The number of hydrogen-bond donors (Lipinski definition) is 3. The van der Waals surface area contributed by atoms with Gasteiger partial charge in [0.1, 0.15) is 5.69 Å². The third-order valence-corrected chi connectivity index (χ3v) is 15.2. The van der Waals surface area contributed by atoms with E-state index in [0.717, 1.165) is 57.9 Å². The van der Waals surface area contributed by atoms with Gasteiger partial charge < -0.3 is 4.90 Å². The molecule has 0 aromatic heterocycles. The minimum absolute atomic E-state index is 0.0206. The minimum Gasteiger partial charge on any atom is -0.309 e. The van der Waals surface area contributed by atoms with E-state index in [0.29, 0.717) is 35.6 Å². The lowest BCUT2D eigenvalue weighted by Gasteiger charge is -2.40. The van der Waals surface area contributed by atoms with Crippen LogP contribution in [0.4, 0.5) is 11.4 Å². The van der Waals surface area contributed by atoms with Crippen LogP contribution >= 0.6 is 0 Å². The second kappa shape index (κ2) is 15.6. The zero-order valence-electron chi connectivity index (χ0n) is 32.2. The van der Waals surface area contributed by atoms with Gasteiger partial charge in [0.2, 0.25) is 20.0 Å². The SMILES string of the molecule is CN(C)CCCN(C1CCC(C(C)(C)C)CC1)S(=O)(=O)c1ccc2c(NO)c3ccc(S(=O)(=O)NC4CCC(C(C)(C)C)CC4)cc3c(N=O)c2c1. The summed E-state index contributed by atoms with van der Waals surface area (Å²) in [6.07, 6.45) is 7.42. The Labute approximate surface area is 310 Å². The van der Waals surface area contributed by atoms with E-state index in [1.54, 1.807) is 10.4 Å². The molecule has 0 amide bonds. The molecule has 2 aliphatic rings. The first-order valence-corrected chi connectivity index (χ1v) is 21.7. The molecule has 3 aromatic carbocycles. The van der Waals surface area contributed by atoms with E-state index in [1.165, 1.54) is 30.3 Å². The van der Waals surface area contributed by atoms with E-state index >= 15 is 0 Å². The molecule has 2 fully saturated rings. The number of benzene rings is 3. The maximum Gasteiger partial charge on any atom is 0.243 e. The Balaban J connectivity index is 1.53. The monoisotopic (exact) mass is 757 g/mol. The summed E-state index contributed by atoms with van der Waals surface area (Å²) >= 11 is 0. The second-order valence-electron chi connectivity index (χ2n) is 17.5. The standard InChI is InChI=1S/C39H59N5O6S2/c1-38(2,3)26-10-14-28(15-11-26)42-51(47,48)30-18-20-32-34(24-30)37(41-46)35-25-31(19-21-33(35)36(32)40-45)52(49,50)44(23-9-22-43(7)8)29-16-12-27(13-17-29)39(4,5)6/h18-21,24-29,40,42,45H,9-17,22-23H2,1-8H3. The average molecular weight is 758 g/mol. The molecule has 3 N–H and O–H groups in total. The number of rotatable bonds is 12. The van der Waals surface area contributed by atoms with Crippen molar-refractivity contribution in [3.63, 3.8) is 0 Å². The van der Waals surface area contributed by atoms with Crippen molar-refractivity contribution in [3.8, 4) is 0 Å². The van der Waals surface area contributed by atoms with E-state index in [4.69, 9.17) is 0 Å². The summed E-state index contributed by atoms with van der Waals surface area (Å²) in [6.45, 7) is 14.5. The van der Waals surface area contributed by atoms with Crippen LogP contribution in [0.5, 0.6) is 0 Å². The van der Waals surface area contributed by atoms with Crippen LogP contribution in [0.15, 0.2) is 51.4 Å². The summed E-state index contributed by atoms with van der Waals surface area (Å²) in [5.74, 6) is 1.04. The Bertz CT molecular complexity index is 1970. The molecule has 2 saturated carbocycles. The van der Waals surface area contributed by atoms with Crippen LogP contribution in [-0.4, -0.2) is 70.5 Å². The van der Waals surface area contributed by atoms with Crippen molar-refractivity contribution in [2.75, 3.05) is 32.7 Å². The average Bonchev–Trinajstić information content (AvgIpc) is 3.07. The van der Waals surface area contributed by atoms with Crippen molar-refractivity contribution in [1.82, 2.24) is 13.9 Å². The van der Waals surface area contributed by atoms with Gasteiger partial charge in [-0.3, -0.25) is 10.7 Å². The van der Waals surface area contributed by atoms with E-state index in [-0.39, 0.29) is 54.9 Å². The molecule has 0 spiro atoms. The molecule has 0 heterocycles. The second-order valence-corrected chi connectivity index (χ2v) is 21.1. The van der Waals surface area contributed by atoms with Gasteiger partial charge in [-0.2, -0.15) is 4.31 Å². The first kappa shape index (κ1) is 40.5. The Morgan fingerprint density at radius 3 is 1.71 bits per heavy atom. The molecule has 5 rings (SSSR count). The molecule has 0 bridgehead atoms. The maximum atomic E-state index is 14.5. The highest BCUT2D eigenvalue weighted by molar-refractivity contribution is 7.89. The molecule has 13 heteroatoms. The Morgan fingerprint density at radius 2 is 1.23 bits per heavy atom. The van der Waals surface area contributed by atoms with Crippen LogP contribution in [0.25, 0.3) is 21.5 Å². The zero-order chi connectivity index (χ0) is 38.2. The fourth-order valence-corrected chi connectivity index (χ4v) is 11.6. The number of sulfonamides is 2. The van der Waals surface area contributed by atoms with Crippen molar-refractivity contribution in [1.29, 1.82) is 0 Å². The number of nitrogens with one attached hydrogen (secondary N) is 2. The first-order chi connectivity index (χ1) is 24.3. The molecule has 3 aromatic rings. The van der Waals surface area contributed by atoms with Crippen molar-refractivity contribution < 1.29 is 22.0 Å². The Hall–Kier alpha value is -2.68. The van der Waals surface area contributed by atoms with Gasteiger partial charge in [0.25, 0.3) is 0 Å². The van der Waals surface area contributed by atoms with E-state index < -0.39 is 20.0 Å².